The van der Waals surface area contributed by atoms with Gasteiger partial charge in [0, 0.05) is 23.5 Å². The van der Waals surface area contributed by atoms with Crippen LogP contribution in [0.1, 0.15) is 28.8 Å². The average Bonchev–Trinajstić information content (AvgIpc) is 3.52. The van der Waals surface area contributed by atoms with Crippen molar-refractivity contribution in [3.8, 4) is 5.75 Å². The molecule has 0 bridgehead atoms. The predicted octanol–water partition coefficient (Wildman–Crippen LogP) is 4.30. The van der Waals surface area contributed by atoms with Gasteiger partial charge in [-0.1, -0.05) is 30.3 Å². The molecular formula is C22H21N3O2. The molecule has 1 saturated carbocycles. The standard InChI is InChI=1S/C22H21N3O2/c26-22(25-19-6-7-19)17-12-13-23-21(14-17)24-18-8-10-20(11-9-18)27-15-16-4-2-1-3-5-16/h1-5,8-14,19H,6-7,15H2,(H,23,24)(H,25,26). The quantitative estimate of drug-likeness (QED) is 0.660. The first-order chi connectivity index (χ1) is 13.3. The molecule has 2 N–H and O–H groups in total. The number of carbonyl (C=O) groups is 1. The second-order valence-corrected chi connectivity index (χ2v) is 6.60. The number of amides is 1. The van der Waals surface area contributed by atoms with Crippen molar-refractivity contribution in [2.24, 2.45) is 0 Å². The van der Waals surface area contributed by atoms with E-state index in [-0.39, 0.29) is 5.91 Å². The first kappa shape index (κ1) is 17.1. The van der Waals surface area contributed by atoms with E-state index in [0.29, 0.717) is 24.0 Å². The van der Waals surface area contributed by atoms with Gasteiger partial charge in [0.05, 0.1) is 0 Å². The highest BCUT2D eigenvalue weighted by Gasteiger charge is 2.23. The van der Waals surface area contributed by atoms with Crippen LogP contribution in [-0.2, 0) is 6.61 Å². The number of nitrogens with one attached hydrogen (secondary N) is 2. The summed E-state index contributed by atoms with van der Waals surface area (Å²) in [6.07, 6.45) is 3.78. The van der Waals surface area contributed by atoms with Crippen molar-refractivity contribution >= 4 is 17.4 Å². The van der Waals surface area contributed by atoms with Crippen LogP contribution in [0.25, 0.3) is 0 Å². The third-order valence-corrected chi connectivity index (χ3v) is 4.31. The molecule has 136 valence electrons. The number of ether oxygens (including phenoxy) is 1. The Morgan fingerprint density at radius 3 is 2.56 bits per heavy atom. The van der Waals surface area contributed by atoms with Crippen LogP contribution in [0.4, 0.5) is 11.5 Å². The topological polar surface area (TPSA) is 63.2 Å². The summed E-state index contributed by atoms with van der Waals surface area (Å²) in [5.74, 6) is 1.39. The molecule has 1 heterocycles. The summed E-state index contributed by atoms with van der Waals surface area (Å²) in [6, 6.07) is 21.6. The van der Waals surface area contributed by atoms with E-state index >= 15 is 0 Å². The lowest BCUT2D eigenvalue weighted by Gasteiger charge is -2.10. The molecule has 0 radical (unpaired) electrons. The smallest absolute Gasteiger partial charge is 0.251 e. The van der Waals surface area contributed by atoms with Gasteiger partial charge in [-0.15, -0.1) is 0 Å². The number of carbonyl (C=O) groups excluding carboxylic acids is 1. The Hall–Kier alpha value is -3.34. The summed E-state index contributed by atoms with van der Waals surface area (Å²) in [5.41, 5.74) is 2.63. The fraction of sp³-hybridized carbons (Fsp3) is 0.182. The number of aromatic nitrogens is 1. The molecule has 0 aliphatic heterocycles. The minimum Gasteiger partial charge on any atom is -0.489 e. The van der Waals surface area contributed by atoms with Gasteiger partial charge in [0.15, 0.2) is 0 Å². The zero-order valence-electron chi connectivity index (χ0n) is 14.9. The number of benzene rings is 2. The first-order valence-corrected chi connectivity index (χ1v) is 9.07. The molecule has 0 spiro atoms. The predicted molar refractivity (Wildman–Crippen MR) is 105 cm³/mol. The molecule has 4 rings (SSSR count). The highest BCUT2D eigenvalue weighted by atomic mass is 16.5. The lowest BCUT2D eigenvalue weighted by atomic mass is 10.2. The molecular weight excluding hydrogens is 338 g/mol. The van der Waals surface area contributed by atoms with E-state index in [0.717, 1.165) is 29.8 Å². The van der Waals surface area contributed by atoms with Crippen LogP contribution in [0.3, 0.4) is 0 Å². The molecule has 1 aliphatic rings. The van der Waals surface area contributed by atoms with Crippen LogP contribution in [0, 0.1) is 0 Å². The Bertz CT molecular complexity index is 906. The molecule has 5 nitrogen and oxygen atoms in total. The van der Waals surface area contributed by atoms with Crippen molar-refractivity contribution in [2.45, 2.75) is 25.5 Å². The van der Waals surface area contributed by atoms with E-state index in [1.807, 2.05) is 54.6 Å². The number of hydrogen-bond donors (Lipinski definition) is 2. The maximum absolute atomic E-state index is 12.2. The molecule has 5 heteroatoms. The average molecular weight is 359 g/mol. The van der Waals surface area contributed by atoms with Crippen LogP contribution in [0.15, 0.2) is 72.9 Å². The molecule has 2 aromatic carbocycles. The first-order valence-electron chi connectivity index (χ1n) is 9.07. The van der Waals surface area contributed by atoms with Gasteiger partial charge >= 0.3 is 0 Å². The van der Waals surface area contributed by atoms with Crippen LogP contribution >= 0.6 is 0 Å². The zero-order valence-corrected chi connectivity index (χ0v) is 14.9. The number of hydrogen-bond acceptors (Lipinski definition) is 4. The highest BCUT2D eigenvalue weighted by molar-refractivity contribution is 5.95. The van der Waals surface area contributed by atoms with Crippen molar-refractivity contribution in [3.63, 3.8) is 0 Å². The summed E-state index contributed by atoms with van der Waals surface area (Å²) in [5, 5.41) is 6.21. The van der Waals surface area contributed by atoms with Crippen molar-refractivity contribution in [1.82, 2.24) is 10.3 Å². The van der Waals surface area contributed by atoms with E-state index < -0.39 is 0 Å². The van der Waals surface area contributed by atoms with E-state index in [1.165, 1.54) is 0 Å². The Morgan fingerprint density at radius 2 is 1.81 bits per heavy atom. The molecule has 0 unspecified atom stereocenters. The van der Waals surface area contributed by atoms with Crippen molar-refractivity contribution < 1.29 is 9.53 Å². The maximum atomic E-state index is 12.2. The second kappa shape index (κ2) is 7.91. The van der Waals surface area contributed by atoms with Gasteiger partial charge in [0.1, 0.15) is 18.2 Å². The van der Waals surface area contributed by atoms with Crippen LogP contribution in [0.2, 0.25) is 0 Å². The number of rotatable bonds is 7. The summed E-state index contributed by atoms with van der Waals surface area (Å²) >= 11 is 0. The molecule has 1 aliphatic carbocycles. The van der Waals surface area contributed by atoms with E-state index in [9.17, 15) is 4.79 Å². The normalized spacial score (nSPS) is 13.0. The molecule has 1 fully saturated rings. The monoisotopic (exact) mass is 359 g/mol. The van der Waals surface area contributed by atoms with Crippen molar-refractivity contribution in [1.29, 1.82) is 0 Å². The van der Waals surface area contributed by atoms with Gasteiger partial charge in [0.2, 0.25) is 0 Å². The number of pyridine rings is 1. The van der Waals surface area contributed by atoms with Crippen molar-refractivity contribution in [2.75, 3.05) is 5.32 Å². The maximum Gasteiger partial charge on any atom is 0.251 e. The number of nitrogens with zero attached hydrogens (tertiary/aromatic N) is 1. The third kappa shape index (κ3) is 4.85. The molecule has 27 heavy (non-hydrogen) atoms. The van der Waals surface area contributed by atoms with Crippen LogP contribution in [-0.4, -0.2) is 16.9 Å². The van der Waals surface area contributed by atoms with Crippen LogP contribution < -0.4 is 15.4 Å². The highest BCUT2D eigenvalue weighted by Crippen LogP contribution is 2.22. The summed E-state index contributed by atoms with van der Waals surface area (Å²) in [6.45, 7) is 0.535. The Kier molecular flexibility index (Phi) is 5.01. The largest absolute Gasteiger partial charge is 0.489 e. The Labute approximate surface area is 158 Å². The molecule has 1 amide bonds. The lowest BCUT2D eigenvalue weighted by molar-refractivity contribution is 0.0951. The van der Waals surface area contributed by atoms with Crippen LogP contribution in [0.5, 0.6) is 5.75 Å². The van der Waals surface area contributed by atoms with Crippen molar-refractivity contribution in [3.05, 3.63) is 84.1 Å². The van der Waals surface area contributed by atoms with Gasteiger partial charge in [-0.05, 0) is 54.8 Å². The zero-order chi connectivity index (χ0) is 18.5. The summed E-state index contributed by atoms with van der Waals surface area (Å²) in [7, 11) is 0. The lowest BCUT2D eigenvalue weighted by Crippen LogP contribution is -2.25. The van der Waals surface area contributed by atoms with Gasteiger partial charge in [-0.3, -0.25) is 4.79 Å². The van der Waals surface area contributed by atoms with Gasteiger partial charge in [0.25, 0.3) is 5.91 Å². The molecule has 1 aromatic heterocycles. The summed E-state index contributed by atoms with van der Waals surface area (Å²) < 4.78 is 5.79. The number of anilines is 2. The van der Waals surface area contributed by atoms with E-state index in [1.54, 1.807) is 18.3 Å². The molecule has 0 atom stereocenters. The van der Waals surface area contributed by atoms with E-state index in [2.05, 4.69) is 15.6 Å². The minimum absolute atomic E-state index is 0.0485. The SMILES string of the molecule is O=C(NC1CC1)c1ccnc(Nc2ccc(OCc3ccccc3)cc2)c1. The van der Waals surface area contributed by atoms with Gasteiger partial charge in [-0.2, -0.15) is 0 Å². The van der Waals surface area contributed by atoms with E-state index in [4.69, 9.17) is 4.74 Å². The van der Waals surface area contributed by atoms with Gasteiger partial charge in [-0.25, -0.2) is 4.98 Å². The summed E-state index contributed by atoms with van der Waals surface area (Å²) in [4.78, 5) is 16.4. The Morgan fingerprint density at radius 1 is 1.04 bits per heavy atom. The Balaban J connectivity index is 1.36. The van der Waals surface area contributed by atoms with Gasteiger partial charge < -0.3 is 15.4 Å². The fourth-order valence-electron chi connectivity index (χ4n) is 2.66. The fourth-order valence-corrected chi connectivity index (χ4v) is 2.66. The minimum atomic E-state index is -0.0485. The molecule has 0 saturated heterocycles. The second-order valence-electron chi connectivity index (χ2n) is 6.60. The third-order valence-electron chi connectivity index (χ3n) is 4.31. The molecule has 3 aromatic rings.